The number of halogens is 1. The van der Waals surface area contributed by atoms with Crippen LogP contribution in [0.2, 0.25) is 0 Å². The van der Waals surface area contributed by atoms with Gasteiger partial charge in [0, 0.05) is 10.9 Å². The molecule has 1 heterocycles. The molecule has 0 aliphatic heterocycles. The van der Waals surface area contributed by atoms with Crippen molar-refractivity contribution >= 4 is 32.9 Å². The van der Waals surface area contributed by atoms with Gasteiger partial charge in [0.05, 0.1) is 16.4 Å². The third kappa shape index (κ3) is 2.71. The molecule has 1 aromatic heterocycles. The number of aromatic amines is 1. The highest BCUT2D eigenvalue weighted by Gasteiger charge is 2.40. The van der Waals surface area contributed by atoms with Crippen molar-refractivity contribution in [3.8, 4) is 0 Å². The first kappa shape index (κ1) is 14.6. The van der Waals surface area contributed by atoms with Crippen LogP contribution in [0.4, 0.5) is 0 Å². The van der Waals surface area contributed by atoms with E-state index in [0.29, 0.717) is 6.42 Å². The molecule has 0 amide bonds. The zero-order chi connectivity index (χ0) is 15.0. The van der Waals surface area contributed by atoms with E-state index in [4.69, 9.17) is 0 Å². The molecular formula is C16H19BrN2O2. The fraction of sp³-hybridized carbons (Fsp3) is 0.500. The minimum Gasteiger partial charge on any atom is -0.481 e. The average Bonchev–Trinajstić information content (AvgIpc) is 2.82. The molecule has 21 heavy (non-hydrogen) atoms. The summed E-state index contributed by atoms with van der Waals surface area (Å²) < 4.78 is 1.01. The van der Waals surface area contributed by atoms with E-state index in [9.17, 15) is 9.90 Å². The van der Waals surface area contributed by atoms with Gasteiger partial charge in [-0.25, -0.2) is 4.98 Å². The van der Waals surface area contributed by atoms with Crippen LogP contribution >= 0.6 is 15.9 Å². The molecule has 0 unspecified atom stereocenters. The molecule has 1 saturated carbocycles. The summed E-state index contributed by atoms with van der Waals surface area (Å²) in [7, 11) is 0. The Bertz CT molecular complexity index is 687. The number of imidazole rings is 1. The Hall–Kier alpha value is -1.36. The van der Waals surface area contributed by atoms with Crippen LogP contribution in [0, 0.1) is 12.3 Å². The molecule has 112 valence electrons. The van der Waals surface area contributed by atoms with Crippen molar-refractivity contribution in [1.82, 2.24) is 9.97 Å². The molecule has 1 fully saturated rings. The highest BCUT2D eigenvalue weighted by atomic mass is 79.9. The molecule has 0 radical (unpaired) electrons. The van der Waals surface area contributed by atoms with Crippen molar-refractivity contribution < 1.29 is 9.90 Å². The van der Waals surface area contributed by atoms with E-state index in [1.165, 1.54) is 0 Å². The molecule has 0 spiro atoms. The number of aliphatic carboxylic acids is 1. The number of fused-ring (bicyclic) bond motifs is 1. The number of benzene rings is 1. The van der Waals surface area contributed by atoms with Crippen molar-refractivity contribution in [2.45, 2.75) is 45.4 Å². The summed E-state index contributed by atoms with van der Waals surface area (Å²) in [6.45, 7) is 2.02. The Morgan fingerprint density at radius 1 is 1.38 bits per heavy atom. The lowest BCUT2D eigenvalue weighted by molar-refractivity contribution is -0.151. The second-order valence-electron chi connectivity index (χ2n) is 6.13. The molecule has 2 N–H and O–H groups in total. The zero-order valence-electron chi connectivity index (χ0n) is 12.1. The Morgan fingerprint density at radius 3 is 2.76 bits per heavy atom. The monoisotopic (exact) mass is 350 g/mol. The number of carbonyl (C=O) groups is 1. The summed E-state index contributed by atoms with van der Waals surface area (Å²) in [5.74, 6) is 0.107. The van der Waals surface area contributed by atoms with Gasteiger partial charge in [0.25, 0.3) is 0 Å². The minimum atomic E-state index is -0.680. The van der Waals surface area contributed by atoms with Gasteiger partial charge in [-0.05, 0) is 37.5 Å². The van der Waals surface area contributed by atoms with Crippen LogP contribution in [-0.4, -0.2) is 21.0 Å². The number of carboxylic acid groups (broad SMARTS) is 1. The topological polar surface area (TPSA) is 66.0 Å². The Kier molecular flexibility index (Phi) is 3.78. The summed E-state index contributed by atoms with van der Waals surface area (Å²) in [5, 5.41) is 9.67. The predicted molar refractivity (Wildman–Crippen MR) is 85.4 cm³/mol. The second-order valence-corrected chi connectivity index (χ2v) is 7.04. The molecule has 1 aromatic carbocycles. The molecule has 0 saturated heterocycles. The van der Waals surface area contributed by atoms with Gasteiger partial charge in [-0.15, -0.1) is 0 Å². The zero-order valence-corrected chi connectivity index (χ0v) is 13.7. The van der Waals surface area contributed by atoms with E-state index in [0.717, 1.165) is 59.0 Å². The van der Waals surface area contributed by atoms with E-state index < -0.39 is 11.4 Å². The van der Waals surface area contributed by atoms with E-state index in [2.05, 4.69) is 25.9 Å². The number of carboxylic acids is 1. The summed E-state index contributed by atoms with van der Waals surface area (Å²) in [6.07, 6.45) is 5.13. The van der Waals surface area contributed by atoms with Crippen LogP contribution in [0.15, 0.2) is 16.6 Å². The lowest BCUT2D eigenvalue weighted by atomic mass is 9.72. The maximum absolute atomic E-state index is 11.8. The smallest absolute Gasteiger partial charge is 0.310 e. The predicted octanol–water partition coefficient (Wildman–Crippen LogP) is 4.21. The number of rotatable bonds is 3. The normalized spacial score (nSPS) is 18.0. The van der Waals surface area contributed by atoms with E-state index in [1.807, 2.05) is 19.1 Å². The average molecular weight is 351 g/mol. The lowest BCUT2D eigenvalue weighted by Gasteiger charge is -2.32. The van der Waals surface area contributed by atoms with Crippen LogP contribution in [0.25, 0.3) is 11.0 Å². The summed E-state index contributed by atoms with van der Waals surface area (Å²) in [6, 6.07) is 4.02. The number of aryl methyl sites for hydroxylation is 1. The lowest BCUT2D eigenvalue weighted by Crippen LogP contribution is -2.35. The van der Waals surface area contributed by atoms with Crippen LogP contribution in [0.1, 0.15) is 43.5 Å². The van der Waals surface area contributed by atoms with Gasteiger partial charge in [0.15, 0.2) is 0 Å². The SMILES string of the molecule is Cc1cc(Br)cc2[nH]c(CC3(C(=O)O)CCCCC3)nc12. The van der Waals surface area contributed by atoms with Crippen molar-refractivity contribution in [2.75, 3.05) is 0 Å². The van der Waals surface area contributed by atoms with Gasteiger partial charge < -0.3 is 10.1 Å². The second kappa shape index (κ2) is 5.44. The van der Waals surface area contributed by atoms with Crippen LogP contribution < -0.4 is 0 Å². The third-order valence-corrected chi connectivity index (χ3v) is 5.02. The molecule has 1 aliphatic rings. The molecule has 1 aliphatic carbocycles. The van der Waals surface area contributed by atoms with Crippen LogP contribution in [0.5, 0.6) is 0 Å². The largest absolute Gasteiger partial charge is 0.481 e. The Morgan fingerprint density at radius 2 is 2.10 bits per heavy atom. The first-order valence-electron chi connectivity index (χ1n) is 7.38. The van der Waals surface area contributed by atoms with Crippen LogP contribution in [-0.2, 0) is 11.2 Å². The van der Waals surface area contributed by atoms with Gasteiger partial charge in [-0.3, -0.25) is 4.79 Å². The third-order valence-electron chi connectivity index (χ3n) is 4.56. The number of hydrogen-bond donors (Lipinski definition) is 2. The fourth-order valence-corrected chi connectivity index (χ4v) is 3.97. The maximum Gasteiger partial charge on any atom is 0.310 e. The summed E-state index contributed by atoms with van der Waals surface area (Å²) >= 11 is 3.48. The van der Waals surface area contributed by atoms with E-state index in [-0.39, 0.29) is 0 Å². The quantitative estimate of drug-likeness (QED) is 0.871. The molecule has 0 bridgehead atoms. The highest BCUT2D eigenvalue weighted by Crippen LogP contribution is 2.39. The van der Waals surface area contributed by atoms with Crippen molar-refractivity contribution in [2.24, 2.45) is 5.41 Å². The van der Waals surface area contributed by atoms with E-state index in [1.54, 1.807) is 0 Å². The summed E-state index contributed by atoms with van der Waals surface area (Å²) in [5.41, 5.74) is 2.35. The number of aromatic nitrogens is 2. The molecule has 3 rings (SSSR count). The van der Waals surface area contributed by atoms with Gasteiger partial charge in [-0.1, -0.05) is 35.2 Å². The Labute approximate surface area is 132 Å². The first-order valence-corrected chi connectivity index (χ1v) is 8.18. The van der Waals surface area contributed by atoms with Crippen molar-refractivity contribution in [3.63, 3.8) is 0 Å². The van der Waals surface area contributed by atoms with Crippen molar-refractivity contribution in [3.05, 3.63) is 28.0 Å². The van der Waals surface area contributed by atoms with E-state index >= 15 is 0 Å². The fourth-order valence-electron chi connectivity index (χ4n) is 3.40. The molecule has 4 nitrogen and oxygen atoms in total. The van der Waals surface area contributed by atoms with Gasteiger partial charge in [0.1, 0.15) is 5.82 Å². The van der Waals surface area contributed by atoms with Crippen molar-refractivity contribution in [1.29, 1.82) is 0 Å². The number of hydrogen-bond acceptors (Lipinski definition) is 2. The van der Waals surface area contributed by atoms with Crippen LogP contribution in [0.3, 0.4) is 0 Å². The maximum atomic E-state index is 11.8. The van der Waals surface area contributed by atoms with Gasteiger partial charge in [0.2, 0.25) is 0 Å². The molecule has 2 aromatic rings. The highest BCUT2D eigenvalue weighted by molar-refractivity contribution is 9.10. The molecule has 0 atom stereocenters. The Balaban J connectivity index is 1.96. The minimum absolute atomic E-state index is 0.494. The number of H-pyrrole nitrogens is 1. The van der Waals surface area contributed by atoms with Gasteiger partial charge >= 0.3 is 5.97 Å². The standard InChI is InChI=1S/C16H19BrN2O2/c1-10-7-11(17)8-12-14(10)19-13(18-12)9-16(15(20)21)5-3-2-4-6-16/h7-8H,2-6,9H2,1H3,(H,18,19)(H,20,21). The number of nitrogens with zero attached hydrogens (tertiary/aromatic N) is 1. The summed E-state index contributed by atoms with van der Waals surface area (Å²) in [4.78, 5) is 19.7. The molecule has 5 heteroatoms. The number of nitrogens with one attached hydrogen (secondary N) is 1. The first-order chi connectivity index (χ1) is 10.00. The van der Waals surface area contributed by atoms with Gasteiger partial charge in [-0.2, -0.15) is 0 Å². The molecular weight excluding hydrogens is 332 g/mol.